The van der Waals surface area contributed by atoms with Gasteiger partial charge in [-0.2, -0.15) is 0 Å². The van der Waals surface area contributed by atoms with Crippen molar-refractivity contribution in [3.8, 4) is 5.75 Å². The molecule has 2 aromatic carbocycles. The van der Waals surface area contributed by atoms with Crippen LogP contribution < -0.4 is 10.1 Å². The van der Waals surface area contributed by atoms with E-state index in [1.54, 1.807) is 24.3 Å². The van der Waals surface area contributed by atoms with Crippen LogP contribution in [-0.4, -0.2) is 17.7 Å². The second-order valence-electron chi connectivity index (χ2n) is 5.43. The van der Waals surface area contributed by atoms with E-state index < -0.39 is 0 Å². The Labute approximate surface area is 155 Å². The van der Waals surface area contributed by atoms with Gasteiger partial charge in [-0.1, -0.05) is 29.3 Å². The summed E-state index contributed by atoms with van der Waals surface area (Å²) >= 11 is 7.37. The number of aryl methyl sites for hydroxylation is 1. The van der Waals surface area contributed by atoms with Gasteiger partial charge in [0.15, 0.2) is 5.17 Å². The van der Waals surface area contributed by atoms with E-state index in [2.05, 4.69) is 10.3 Å². The quantitative estimate of drug-likeness (QED) is 0.773. The number of rotatable bonds is 4. The smallest absolute Gasteiger partial charge is 0.264 e. The molecule has 2 aromatic rings. The van der Waals surface area contributed by atoms with Crippen LogP contribution in [0, 0.1) is 6.92 Å². The summed E-state index contributed by atoms with van der Waals surface area (Å²) in [6.45, 7) is 4.47. The van der Waals surface area contributed by atoms with Gasteiger partial charge in [0.25, 0.3) is 5.91 Å². The van der Waals surface area contributed by atoms with E-state index >= 15 is 0 Å². The fourth-order valence-electron chi connectivity index (χ4n) is 2.28. The molecule has 6 heteroatoms. The molecule has 1 saturated heterocycles. The Kier molecular flexibility index (Phi) is 5.46. The van der Waals surface area contributed by atoms with Crippen molar-refractivity contribution in [1.29, 1.82) is 0 Å². The van der Waals surface area contributed by atoms with Crippen molar-refractivity contribution in [2.24, 2.45) is 4.99 Å². The van der Waals surface area contributed by atoms with Gasteiger partial charge < -0.3 is 10.1 Å². The molecule has 1 N–H and O–H groups in total. The summed E-state index contributed by atoms with van der Waals surface area (Å²) < 4.78 is 5.60. The number of benzene rings is 2. The molecule has 0 aliphatic carbocycles. The molecular formula is C19H17ClN2O2S. The van der Waals surface area contributed by atoms with E-state index in [0.29, 0.717) is 27.5 Å². The topological polar surface area (TPSA) is 50.7 Å². The fraction of sp³-hybridized carbons (Fsp3) is 0.158. The Morgan fingerprint density at radius 2 is 2.00 bits per heavy atom. The van der Waals surface area contributed by atoms with Crippen molar-refractivity contribution in [3.63, 3.8) is 0 Å². The third-order valence-corrected chi connectivity index (χ3v) is 4.62. The van der Waals surface area contributed by atoms with Crippen molar-refractivity contribution < 1.29 is 9.53 Å². The van der Waals surface area contributed by atoms with Gasteiger partial charge in [0.2, 0.25) is 0 Å². The largest absolute Gasteiger partial charge is 0.493 e. The lowest BCUT2D eigenvalue weighted by Crippen LogP contribution is -2.19. The minimum absolute atomic E-state index is 0.182. The van der Waals surface area contributed by atoms with Gasteiger partial charge >= 0.3 is 0 Å². The molecule has 1 aliphatic rings. The van der Waals surface area contributed by atoms with Crippen LogP contribution in [0.15, 0.2) is 52.4 Å². The fourth-order valence-corrected chi connectivity index (χ4v) is 3.29. The number of thioether (sulfide) groups is 1. The van der Waals surface area contributed by atoms with Gasteiger partial charge in [-0.3, -0.25) is 4.79 Å². The van der Waals surface area contributed by atoms with E-state index in [9.17, 15) is 4.79 Å². The molecule has 0 saturated carbocycles. The number of carbonyl (C=O) groups excluding carboxylic acids is 1. The van der Waals surface area contributed by atoms with Crippen LogP contribution in [0.3, 0.4) is 0 Å². The summed E-state index contributed by atoms with van der Waals surface area (Å²) in [6, 6.07) is 13.2. The zero-order valence-electron chi connectivity index (χ0n) is 13.9. The summed E-state index contributed by atoms with van der Waals surface area (Å²) in [5.41, 5.74) is 2.73. The van der Waals surface area contributed by atoms with Crippen LogP contribution in [0.1, 0.15) is 18.1 Å². The molecule has 4 nitrogen and oxygen atoms in total. The maximum atomic E-state index is 12.2. The van der Waals surface area contributed by atoms with Gasteiger partial charge in [-0.05, 0) is 62.0 Å². The molecule has 1 aliphatic heterocycles. The second kappa shape index (κ2) is 7.76. The summed E-state index contributed by atoms with van der Waals surface area (Å²) in [7, 11) is 0. The third-order valence-electron chi connectivity index (χ3n) is 3.47. The number of amidine groups is 1. The molecular weight excluding hydrogens is 356 g/mol. The second-order valence-corrected chi connectivity index (χ2v) is 6.90. The molecule has 1 heterocycles. The number of nitrogens with zero attached hydrogens (tertiary/aromatic N) is 1. The van der Waals surface area contributed by atoms with Crippen LogP contribution in [0.5, 0.6) is 5.75 Å². The van der Waals surface area contributed by atoms with Crippen LogP contribution in [0.25, 0.3) is 6.08 Å². The lowest BCUT2D eigenvalue weighted by atomic mass is 10.2. The van der Waals surface area contributed by atoms with E-state index in [-0.39, 0.29) is 5.91 Å². The zero-order valence-corrected chi connectivity index (χ0v) is 15.4. The van der Waals surface area contributed by atoms with Crippen LogP contribution in [0.2, 0.25) is 5.02 Å². The van der Waals surface area contributed by atoms with E-state index in [0.717, 1.165) is 16.8 Å². The first-order valence-electron chi connectivity index (χ1n) is 7.84. The lowest BCUT2D eigenvalue weighted by Gasteiger charge is -2.07. The molecule has 25 heavy (non-hydrogen) atoms. The first kappa shape index (κ1) is 17.6. The van der Waals surface area contributed by atoms with Gasteiger partial charge in [-0.25, -0.2) is 4.99 Å². The molecule has 1 amide bonds. The molecule has 0 aromatic heterocycles. The Bertz CT molecular complexity index is 860. The Hall–Kier alpha value is -2.24. The van der Waals surface area contributed by atoms with Gasteiger partial charge in [0.05, 0.1) is 17.2 Å². The number of hydrogen-bond donors (Lipinski definition) is 1. The third kappa shape index (κ3) is 4.44. The van der Waals surface area contributed by atoms with E-state index in [1.807, 2.05) is 38.1 Å². The molecule has 0 radical (unpaired) electrons. The average molecular weight is 373 g/mol. The van der Waals surface area contributed by atoms with Crippen LogP contribution in [-0.2, 0) is 4.79 Å². The van der Waals surface area contributed by atoms with Crippen molar-refractivity contribution in [1.82, 2.24) is 5.32 Å². The summed E-state index contributed by atoms with van der Waals surface area (Å²) in [4.78, 5) is 17.2. The SMILES string of the molecule is CCOc1ccc(Cl)cc1/C=C1/SC(=Nc2ccc(C)cc2)NC1=O. The van der Waals surface area contributed by atoms with Crippen molar-refractivity contribution >= 4 is 46.2 Å². The van der Waals surface area contributed by atoms with Crippen molar-refractivity contribution in [2.45, 2.75) is 13.8 Å². The Balaban J connectivity index is 1.86. The predicted molar refractivity (Wildman–Crippen MR) is 105 cm³/mol. The standard InChI is InChI=1S/C19H17ClN2O2S/c1-3-24-16-9-6-14(20)10-13(16)11-17-18(23)22-19(25-17)21-15-7-4-12(2)5-8-15/h4-11H,3H2,1-2H3,(H,21,22,23)/b17-11+. The lowest BCUT2D eigenvalue weighted by molar-refractivity contribution is -0.115. The maximum Gasteiger partial charge on any atom is 0.264 e. The highest BCUT2D eigenvalue weighted by Crippen LogP contribution is 2.32. The number of nitrogens with one attached hydrogen (secondary N) is 1. The Morgan fingerprint density at radius 3 is 2.72 bits per heavy atom. The first-order valence-corrected chi connectivity index (χ1v) is 9.03. The van der Waals surface area contributed by atoms with Gasteiger partial charge in [-0.15, -0.1) is 0 Å². The first-order chi connectivity index (χ1) is 12.0. The molecule has 0 unspecified atom stereocenters. The molecule has 128 valence electrons. The number of aliphatic imine (C=N–C) groups is 1. The number of amides is 1. The molecule has 0 spiro atoms. The van der Waals surface area contributed by atoms with Crippen LogP contribution in [0.4, 0.5) is 5.69 Å². The van der Waals surface area contributed by atoms with Crippen LogP contribution >= 0.6 is 23.4 Å². The number of carbonyl (C=O) groups is 1. The Morgan fingerprint density at radius 1 is 1.24 bits per heavy atom. The van der Waals surface area contributed by atoms with Gasteiger partial charge in [0.1, 0.15) is 5.75 Å². The summed E-state index contributed by atoms with van der Waals surface area (Å²) in [5.74, 6) is 0.509. The summed E-state index contributed by atoms with van der Waals surface area (Å²) in [5, 5.41) is 3.93. The zero-order chi connectivity index (χ0) is 17.8. The average Bonchev–Trinajstić information content (AvgIpc) is 2.92. The van der Waals surface area contributed by atoms with E-state index in [4.69, 9.17) is 16.3 Å². The maximum absolute atomic E-state index is 12.2. The number of halogens is 1. The minimum Gasteiger partial charge on any atom is -0.493 e. The van der Waals surface area contributed by atoms with Crippen molar-refractivity contribution in [2.75, 3.05) is 6.61 Å². The van der Waals surface area contributed by atoms with Gasteiger partial charge in [0, 0.05) is 10.6 Å². The molecule has 3 rings (SSSR count). The normalized spacial score (nSPS) is 17.2. The predicted octanol–water partition coefficient (Wildman–Crippen LogP) is 4.94. The monoisotopic (exact) mass is 372 g/mol. The molecule has 0 bridgehead atoms. The highest BCUT2D eigenvalue weighted by atomic mass is 35.5. The number of ether oxygens (including phenoxy) is 1. The number of hydrogen-bond acceptors (Lipinski definition) is 4. The minimum atomic E-state index is -0.182. The molecule has 1 fully saturated rings. The highest BCUT2D eigenvalue weighted by Gasteiger charge is 2.24. The van der Waals surface area contributed by atoms with E-state index in [1.165, 1.54) is 11.8 Å². The molecule has 0 atom stereocenters. The highest BCUT2D eigenvalue weighted by molar-refractivity contribution is 8.18. The summed E-state index contributed by atoms with van der Waals surface area (Å²) in [6.07, 6.45) is 1.77. The van der Waals surface area contributed by atoms with Crippen molar-refractivity contribution in [3.05, 3.63) is 63.5 Å².